The maximum Gasteiger partial charge on any atom is 0.170 e. The molecule has 0 spiro atoms. The number of carbonyl (C=O) groups is 1. The van der Waals surface area contributed by atoms with Crippen LogP contribution in [0.2, 0.25) is 0 Å². The zero-order valence-electron chi connectivity index (χ0n) is 9.14. The van der Waals surface area contributed by atoms with Crippen LogP contribution in [0.3, 0.4) is 0 Å². The van der Waals surface area contributed by atoms with E-state index in [1.807, 2.05) is 29.5 Å². The molecule has 3 aromatic rings. The summed E-state index contributed by atoms with van der Waals surface area (Å²) in [5.41, 5.74) is 3.44. The van der Waals surface area contributed by atoms with E-state index in [9.17, 15) is 4.79 Å². The molecule has 3 nitrogen and oxygen atoms in total. The Morgan fingerprint density at radius 3 is 3.00 bits per heavy atom. The van der Waals surface area contributed by atoms with Gasteiger partial charge in [-0.2, -0.15) is 0 Å². The molecule has 0 aliphatic rings. The molecule has 0 N–H and O–H groups in total. The summed E-state index contributed by atoms with van der Waals surface area (Å²) in [5.74, 6) is 0. The summed E-state index contributed by atoms with van der Waals surface area (Å²) in [7, 11) is 0. The van der Waals surface area contributed by atoms with E-state index in [4.69, 9.17) is 0 Å². The zero-order valence-corrected chi connectivity index (χ0v) is 10.7. The topological polar surface area (TPSA) is 34.4 Å². The highest BCUT2D eigenvalue weighted by Gasteiger charge is 2.09. The minimum Gasteiger partial charge on any atom is -0.298 e. The van der Waals surface area contributed by atoms with Gasteiger partial charge in [0.15, 0.2) is 6.29 Å². The van der Waals surface area contributed by atoms with Crippen LogP contribution in [0.25, 0.3) is 16.6 Å². The molecule has 4 heteroatoms. The Bertz CT molecular complexity index is 746. The third kappa shape index (κ3) is 1.48. The molecule has 84 valence electrons. The van der Waals surface area contributed by atoms with Gasteiger partial charge >= 0.3 is 0 Å². The predicted octanol–water partition coefficient (Wildman–Crippen LogP) is 3.37. The van der Waals surface area contributed by atoms with Crippen LogP contribution in [0.5, 0.6) is 0 Å². The summed E-state index contributed by atoms with van der Waals surface area (Å²) in [5, 5.41) is 1.15. The van der Waals surface area contributed by atoms with Crippen molar-refractivity contribution in [2.75, 3.05) is 0 Å². The molecule has 0 aliphatic heterocycles. The Balaban J connectivity index is 2.60. The Kier molecular flexibility index (Phi) is 2.26. The number of pyridine rings is 1. The molecule has 0 unspecified atom stereocenters. The molecule has 0 amide bonds. The van der Waals surface area contributed by atoms with E-state index < -0.39 is 0 Å². The standard InChI is InChI=1S/C13H9BrN2O/c1-8-5-12-15-9(7-17)6-16(12)13-10(8)3-2-4-11(13)14/h2-7H,1H3. The molecule has 2 aromatic heterocycles. The van der Waals surface area contributed by atoms with Gasteiger partial charge in [0, 0.05) is 16.1 Å². The Hall–Kier alpha value is -1.68. The second-order valence-electron chi connectivity index (χ2n) is 3.98. The van der Waals surface area contributed by atoms with Crippen molar-refractivity contribution >= 4 is 38.8 Å². The fourth-order valence-electron chi connectivity index (χ4n) is 2.10. The van der Waals surface area contributed by atoms with Gasteiger partial charge in [0.25, 0.3) is 0 Å². The van der Waals surface area contributed by atoms with Crippen molar-refractivity contribution in [3.8, 4) is 0 Å². The lowest BCUT2D eigenvalue weighted by Gasteiger charge is -2.07. The summed E-state index contributed by atoms with van der Waals surface area (Å²) >= 11 is 3.55. The average molecular weight is 289 g/mol. The number of nitrogens with zero attached hydrogens (tertiary/aromatic N) is 2. The fraction of sp³-hybridized carbons (Fsp3) is 0.0769. The first-order chi connectivity index (χ1) is 8.20. The molecule has 0 saturated carbocycles. The van der Waals surface area contributed by atoms with E-state index >= 15 is 0 Å². The number of halogens is 1. The van der Waals surface area contributed by atoms with Gasteiger partial charge in [-0.25, -0.2) is 4.98 Å². The molecule has 0 fully saturated rings. The van der Waals surface area contributed by atoms with Crippen LogP contribution >= 0.6 is 15.9 Å². The highest BCUT2D eigenvalue weighted by Crippen LogP contribution is 2.27. The quantitative estimate of drug-likeness (QED) is 0.644. The molecule has 0 bridgehead atoms. The number of imidazole rings is 1. The number of carbonyl (C=O) groups excluding carboxylic acids is 1. The van der Waals surface area contributed by atoms with Crippen LogP contribution < -0.4 is 0 Å². The van der Waals surface area contributed by atoms with Gasteiger partial charge < -0.3 is 0 Å². The number of hydrogen-bond acceptors (Lipinski definition) is 2. The van der Waals surface area contributed by atoms with Crippen LogP contribution in [0.15, 0.2) is 34.9 Å². The third-order valence-electron chi connectivity index (χ3n) is 2.87. The molecule has 0 atom stereocenters. The monoisotopic (exact) mass is 288 g/mol. The fourth-order valence-corrected chi connectivity index (χ4v) is 2.66. The molecular weight excluding hydrogens is 280 g/mol. The molecule has 0 radical (unpaired) electrons. The SMILES string of the molecule is Cc1cc2nc(C=O)cn2c2c(Br)cccc12. The molecule has 3 rings (SSSR count). The van der Waals surface area contributed by atoms with E-state index in [0.29, 0.717) is 5.69 Å². The number of rotatable bonds is 1. The number of fused-ring (bicyclic) bond motifs is 3. The van der Waals surface area contributed by atoms with Crippen LogP contribution in [0.4, 0.5) is 0 Å². The minimum absolute atomic E-state index is 0.452. The number of para-hydroxylation sites is 1. The number of aldehydes is 1. The van der Waals surface area contributed by atoms with Gasteiger partial charge in [0.05, 0.1) is 5.52 Å². The normalized spacial score (nSPS) is 11.2. The van der Waals surface area contributed by atoms with Crippen LogP contribution in [-0.4, -0.2) is 15.7 Å². The summed E-state index contributed by atoms with van der Waals surface area (Å²) in [6, 6.07) is 8.04. The van der Waals surface area contributed by atoms with Gasteiger partial charge in [-0.1, -0.05) is 12.1 Å². The lowest BCUT2D eigenvalue weighted by Crippen LogP contribution is -1.90. The molecule has 0 aliphatic carbocycles. The van der Waals surface area contributed by atoms with Gasteiger partial charge in [-0.05, 0) is 40.5 Å². The molecule has 1 aromatic carbocycles. The number of aryl methyl sites for hydroxylation is 1. The van der Waals surface area contributed by atoms with E-state index in [-0.39, 0.29) is 0 Å². The maximum atomic E-state index is 10.8. The second-order valence-corrected chi connectivity index (χ2v) is 4.83. The smallest absolute Gasteiger partial charge is 0.170 e. The largest absolute Gasteiger partial charge is 0.298 e. The lowest BCUT2D eigenvalue weighted by molar-refractivity contribution is 0.111. The number of benzene rings is 1. The van der Waals surface area contributed by atoms with E-state index in [0.717, 1.165) is 32.9 Å². The summed E-state index contributed by atoms with van der Waals surface area (Å²) in [6.07, 6.45) is 2.53. The van der Waals surface area contributed by atoms with Gasteiger partial charge in [0.2, 0.25) is 0 Å². The van der Waals surface area contributed by atoms with Gasteiger partial charge in [0.1, 0.15) is 11.3 Å². The van der Waals surface area contributed by atoms with Crippen molar-refractivity contribution in [3.05, 3.63) is 46.2 Å². The predicted molar refractivity (Wildman–Crippen MR) is 70.5 cm³/mol. The first-order valence-corrected chi connectivity index (χ1v) is 6.02. The van der Waals surface area contributed by atoms with Crippen LogP contribution in [0, 0.1) is 6.92 Å². The Labute approximate surface area is 106 Å². The highest BCUT2D eigenvalue weighted by molar-refractivity contribution is 9.10. The molecule has 0 saturated heterocycles. The zero-order chi connectivity index (χ0) is 12.0. The molecule has 17 heavy (non-hydrogen) atoms. The molecular formula is C13H9BrN2O. The summed E-state index contributed by atoms with van der Waals surface area (Å²) < 4.78 is 2.94. The second kappa shape index (κ2) is 3.67. The number of aromatic nitrogens is 2. The van der Waals surface area contributed by atoms with Crippen molar-refractivity contribution in [2.24, 2.45) is 0 Å². The highest BCUT2D eigenvalue weighted by atomic mass is 79.9. The van der Waals surface area contributed by atoms with Crippen LogP contribution in [0.1, 0.15) is 16.1 Å². The average Bonchev–Trinajstić information content (AvgIpc) is 2.72. The first kappa shape index (κ1) is 10.5. The Morgan fingerprint density at radius 1 is 1.41 bits per heavy atom. The van der Waals surface area contributed by atoms with E-state index in [1.165, 1.54) is 0 Å². The van der Waals surface area contributed by atoms with Crippen molar-refractivity contribution in [2.45, 2.75) is 6.92 Å². The van der Waals surface area contributed by atoms with E-state index in [2.05, 4.69) is 27.0 Å². The lowest BCUT2D eigenvalue weighted by atomic mass is 10.1. The van der Waals surface area contributed by atoms with Crippen LogP contribution in [-0.2, 0) is 0 Å². The third-order valence-corrected chi connectivity index (χ3v) is 3.51. The van der Waals surface area contributed by atoms with Crippen molar-refractivity contribution in [3.63, 3.8) is 0 Å². The summed E-state index contributed by atoms with van der Waals surface area (Å²) in [6.45, 7) is 2.05. The van der Waals surface area contributed by atoms with Gasteiger partial charge in [-0.3, -0.25) is 9.20 Å². The maximum absolute atomic E-state index is 10.8. The first-order valence-electron chi connectivity index (χ1n) is 5.23. The van der Waals surface area contributed by atoms with Gasteiger partial charge in [-0.15, -0.1) is 0 Å². The van der Waals surface area contributed by atoms with Crippen molar-refractivity contribution < 1.29 is 4.79 Å². The summed E-state index contributed by atoms with van der Waals surface area (Å²) in [4.78, 5) is 15.1. The van der Waals surface area contributed by atoms with Crippen molar-refractivity contribution in [1.82, 2.24) is 9.38 Å². The molecule has 2 heterocycles. The van der Waals surface area contributed by atoms with Crippen molar-refractivity contribution in [1.29, 1.82) is 0 Å². The Morgan fingerprint density at radius 2 is 2.24 bits per heavy atom. The minimum atomic E-state index is 0.452. The van der Waals surface area contributed by atoms with E-state index in [1.54, 1.807) is 6.20 Å². The number of hydrogen-bond donors (Lipinski definition) is 0.